The Bertz CT molecular complexity index is 249. The second-order valence-electron chi connectivity index (χ2n) is 4.22. The van der Waals surface area contributed by atoms with E-state index in [1.165, 1.54) is 0 Å². The molecular weight excluding hydrogens is 210 g/mol. The maximum atomic E-state index is 11.2. The lowest BCUT2D eigenvalue weighted by atomic mass is 10.0. The molecule has 0 fully saturated rings. The fraction of sp³-hybridized carbons (Fsp3) is 1.00. The average molecular weight is 235 g/mol. The zero-order valence-corrected chi connectivity index (χ0v) is 11.2. The Balaban J connectivity index is 3.63. The molecule has 0 aromatic heterocycles. The number of rotatable bonds is 8. The summed E-state index contributed by atoms with van der Waals surface area (Å²) in [6.07, 6.45) is 1.87. The van der Waals surface area contributed by atoms with Crippen molar-refractivity contribution in [2.45, 2.75) is 46.6 Å². The maximum absolute atomic E-state index is 11.2. The van der Waals surface area contributed by atoms with Crippen molar-refractivity contribution in [3.63, 3.8) is 0 Å². The SMILES string of the molecule is CCC(C)C(C)NCCCS(=O)(=O)CC. The van der Waals surface area contributed by atoms with Crippen LogP contribution >= 0.6 is 0 Å². The van der Waals surface area contributed by atoms with Crippen molar-refractivity contribution in [1.82, 2.24) is 5.32 Å². The maximum Gasteiger partial charge on any atom is 0.150 e. The molecule has 3 nitrogen and oxygen atoms in total. The van der Waals surface area contributed by atoms with Crippen LogP contribution in [0.15, 0.2) is 0 Å². The lowest BCUT2D eigenvalue weighted by molar-refractivity contribution is 0.391. The molecule has 0 aliphatic heterocycles. The van der Waals surface area contributed by atoms with E-state index in [2.05, 4.69) is 26.1 Å². The third-order valence-electron chi connectivity index (χ3n) is 3.04. The van der Waals surface area contributed by atoms with Crippen LogP contribution in [0.1, 0.15) is 40.5 Å². The van der Waals surface area contributed by atoms with Crippen molar-refractivity contribution < 1.29 is 8.42 Å². The molecule has 0 aliphatic carbocycles. The van der Waals surface area contributed by atoms with E-state index in [1.807, 2.05) is 0 Å². The molecule has 0 saturated heterocycles. The van der Waals surface area contributed by atoms with Gasteiger partial charge in [0.25, 0.3) is 0 Å². The second-order valence-corrected chi connectivity index (χ2v) is 6.69. The van der Waals surface area contributed by atoms with Gasteiger partial charge in [-0.3, -0.25) is 0 Å². The number of sulfone groups is 1. The topological polar surface area (TPSA) is 46.2 Å². The van der Waals surface area contributed by atoms with Crippen LogP contribution in [0.2, 0.25) is 0 Å². The fourth-order valence-electron chi connectivity index (χ4n) is 1.32. The first kappa shape index (κ1) is 14.9. The van der Waals surface area contributed by atoms with Gasteiger partial charge >= 0.3 is 0 Å². The standard InChI is InChI=1S/C11H25NO2S/c1-5-10(3)11(4)12-8-7-9-15(13,14)6-2/h10-12H,5-9H2,1-4H3. The van der Waals surface area contributed by atoms with Gasteiger partial charge in [-0.1, -0.05) is 27.2 Å². The quantitative estimate of drug-likeness (QED) is 0.653. The van der Waals surface area contributed by atoms with Gasteiger partial charge < -0.3 is 5.32 Å². The van der Waals surface area contributed by atoms with Crippen LogP contribution < -0.4 is 5.32 Å². The van der Waals surface area contributed by atoms with Crippen molar-refractivity contribution in [3.8, 4) is 0 Å². The van der Waals surface area contributed by atoms with E-state index < -0.39 is 9.84 Å². The van der Waals surface area contributed by atoms with E-state index >= 15 is 0 Å². The third-order valence-corrected chi connectivity index (χ3v) is 4.83. The van der Waals surface area contributed by atoms with Gasteiger partial charge in [0.1, 0.15) is 9.84 Å². The Hall–Kier alpha value is -0.0900. The van der Waals surface area contributed by atoms with E-state index in [9.17, 15) is 8.42 Å². The molecule has 0 aliphatic rings. The summed E-state index contributed by atoms with van der Waals surface area (Å²) in [6.45, 7) is 9.03. The Morgan fingerprint density at radius 1 is 1.20 bits per heavy atom. The zero-order valence-electron chi connectivity index (χ0n) is 10.4. The minimum atomic E-state index is -2.78. The third kappa shape index (κ3) is 6.90. The summed E-state index contributed by atoms with van der Waals surface area (Å²) in [5.74, 6) is 1.21. The highest BCUT2D eigenvalue weighted by Crippen LogP contribution is 2.06. The molecule has 0 rings (SSSR count). The zero-order chi connectivity index (χ0) is 11.9. The van der Waals surface area contributed by atoms with E-state index in [1.54, 1.807) is 6.92 Å². The van der Waals surface area contributed by atoms with Crippen LogP contribution in [0.3, 0.4) is 0 Å². The molecule has 0 saturated carbocycles. The molecule has 4 heteroatoms. The number of hydrogen-bond acceptors (Lipinski definition) is 3. The van der Waals surface area contributed by atoms with Gasteiger partial charge in [0, 0.05) is 11.8 Å². The van der Waals surface area contributed by atoms with Crippen LogP contribution in [0, 0.1) is 5.92 Å². The molecule has 0 bridgehead atoms. The lowest BCUT2D eigenvalue weighted by Crippen LogP contribution is -2.33. The van der Waals surface area contributed by atoms with Crippen molar-refractivity contribution in [2.24, 2.45) is 5.92 Å². The van der Waals surface area contributed by atoms with Gasteiger partial charge in [-0.15, -0.1) is 0 Å². The fourth-order valence-corrected chi connectivity index (χ4v) is 2.19. The number of hydrogen-bond donors (Lipinski definition) is 1. The van der Waals surface area contributed by atoms with E-state index in [0.29, 0.717) is 17.7 Å². The monoisotopic (exact) mass is 235 g/mol. The predicted octanol–water partition coefficient (Wildman–Crippen LogP) is 1.84. The molecule has 0 amide bonds. The summed E-state index contributed by atoms with van der Waals surface area (Å²) < 4.78 is 22.4. The Morgan fingerprint density at radius 2 is 1.80 bits per heavy atom. The van der Waals surface area contributed by atoms with Gasteiger partial charge in [0.05, 0.1) is 5.75 Å². The highest BCUT2D eigenvalue weighted by Gasteiger charge is 2.10. The van der Waals surface area contributed by atoms with Gasteiger partial charge in [-0.25, -0.2) is 8.42 Å². The molecule has 2 atom stereocenters. The molecule has 92 valence electrons. The lowest BCUT2D eigenvalue weighted by Gasteiger charge is -2.19. The van der Waals surface area contributed by atoms with Crippen molar-refractivity contribution in [1.29, 1.82) is 0 Å². The van der Waals surface area contributed by atoms with Crippen molar-refractivity contribution in [3.05, 3.63) is 0 Å². The van der Waals surface area contributed by atoms with Crippen LogP contribution in [-0.4, -0.2) is 32.5 Å². The van der Waals surface area contributed by atoms with Crippen LogP contribution in [0.4, 0.5) is 0 Å². The molecule has 15 heavy (non-hydrogen) atoms. The molecule has 0 aromatic carbocycles. The second kappa shape index (κ2) is 7.23. The largest absolute Gasteiger partial charge is 0.314 e. The molecular formula is C11H25NO2S. The van der Waals surface area contributed by atoms with E-state index in [4.69, 9.17) is 0 Å². The first-order valence-corrected chi connectivity index (χ1v) is 7.68. The molecule has 2 unspecified atom stereocenters. The van der Waals surface area contributed by atoms with Crippen LogP contribution in [-0.2, 0) is 9.84 Å². The van der Waals surface area contributed by atoms with E-state index in [-0.39, 0.29) is 5.75 Å². The van der Waals surface area contributed by atoms with Gasteiger partial charge in [0.2, 0.25) is 0 Å². The van der Waals surface area contributed by atoms with Crippen molar-refractivity contribution in [2.75, 3.05) is 18.1 Å². The van der Waals surface area contributed by atoms with Gasteiger partial charge in [0.15, 0.2) is 0 Å². The molecule has 0 aromatic rings. The Morgan fingerprint density at radius 3 is 2.27 bits per heavy atom. The van der Waals surface area contributed by atoms with Gasteiger partial charge in [-0.05, 0) is 25.8 Å². The minimum absolute atomic E-state index is 0.258. The van der Waals surface area contributed by atoms with Gasteiger partial charge in [-0.2, -0.15) is 0 Å². The average Bonchev–Trinajstić information content (AvgIpc) is 2.22. The summed E-state index contributed by atoms with van der Waals surface area (Å²) in [5.41, 5.74) is 0. The highest BCUT2D eigenvalue weighted by atomic mass is 32.2. The minimum Gasteiger partial charge on any atom is -0.314 e. The summed E-state index contributed by atoms with van der Waals surface area (Å²) in [4.78, 5) is 0. The smallest absolute Gasteiger partial charge is 0.150 e. The molecule has 0 spiro atoms. The van der Waals surface area contributed by atoms with Crippen LogP contribution in [0.25, 0.3) is 0 Å². The van der Waals surface area contributed by atoms with E-state index in [0.717, 1.165) is 19.4 Å². The normalized spacial score (nSPS) is 16.3. The first-order valence-electron chi connectivity index (χ1n) is 5.86. The Kier molecular flexibility index (Phi) is 7.18. The first-order chi connectivity index (χ1) is 6.93. The summed E-state index contributed by atoms with van der Waals surface area (Å²) >= 11 is 0. The van der Waals surface area contributed by atoms with Crippen LogP contribution in [0.5, 0.6) is 0 Å². The molecule has 1 N–H and O–H groups in total. The Labute approximate surface area is 94.6 Å². The highest BCUT2D eigenvalue weighted by molar-refractivity contribution is 7.91. The summed E-state index contributed by atoms with van der Waals surface area (Å²) in [6, 6.07) is 0.472. The summed E-state index contributed by atoms with van der Waals surface area (Å²) in [7, 11) is -2.78. The predicted molar refractivity (Wildman–Crippen MR) is 65.9 cm³/mol. The molecule has 0 heterocycles. The summed E-state index contributed by atoms with van der Waals surface area (Å²) in [5, 5.41) is 3.37. The molecule has 0 radical (unpaired) electrons. The van der Waals surface area contributed by atoms with Crippen molar-refractivity contribution >= 4 is 9.84 Å². The number of nitrogens with one attached hydrogen (secondary N) is 1.